The van der Waals surface area contributed by atoms with Crippen LogP contribution in [-0.4, -0.2) is 35.2 Å². The number of β-amino-alcohol motifs (C(OH)–C–C–N with tert-alkyl or cyclic N) is 1. The molecule has 1 saturated heterocycles. The maximum Gasteiger partial charge on any atom is 0.166 e. The van der Waals surface area contributed by atoms with Crippen molar-refractivity contribution in [3.8, 4) is 11.8 Å². The first kappa shape index (κ1) is 18.5. The van der Waals surface area contributed by atoms with Gasteiger partial charge in [-0.2, -0.15) is 5.26 Å². The van der Waals surface area contributed by atoms with E-state index < -0.39 is 11.9 Å². The fourth-order valence-corrected chi connectivity index (χ4v) is 4.54. The second-order valence-corrected chi connectivity index (χ2v) is 7.80. The minimum absolute atomic E-state index is 0.0766. The molecule has 1 fully saturated rings. The average Bonchev–Trinajstić information content (AvgIpc) is 3.21. The largest absolute Gasteiger partial charge is 0.481 e. The van der Waals surface area contributed by atoms with Crippen molar-refractivity contribution in [3.63, 3.8) is 0 Å². The van der Waals surface area contributed by atoms with Gasteiger partial charge in [0.05, 0.1) is 23.8 Å². The van der Waals surface area contributed by atoms with Crippen molar-refractivity contribution >= 4 is 23.2 Å². The highest BCUT2D eigenvalue weighted by molar-refractivity contribution is 6.35. The van der Waals surface area contributed by atoms with Gasteiger partial charge in [-0.05, 0) is 48.7 Å². The van der Waals surface area contributed by atoms with Crippen molar-refractivity contribution in [1.29, 1.82) is 5.26 Å². The highest BCUT2D eigenvalue weighted by Gasteiger charge is 2.41. The second-order valence-electron chi connectivity index (χ2n) is 6.96. The number of ether oxygens (including phenoxy) is 1. The van der Waals surface area contributed by atoms with E-state index in [4.69, 9.17) is 33.2 Å². The third-order valence-corrected chi connectivity index (χ3v) is 5.80. The molecule has 1 aliphatic carbocycles. The van der Waals surface area contributed by atoms with E-state index in [2.05, 4.69) is 4.90 Å². The molecule has 7 heteroatoms. The molecule has 2 aromatic carbocycles. The zero-order chi connectivity index (χ0) is 19.1. The Morgan fingerprint density at radius 1 is 1.26 bits per heavy atom. The van der Waals surface area contributed by atoms with Gasteiger partial charge in [0.15, 0.2) is 11.6 Å². The van der Waals surface area contributed by atoms with Gasteiger partial charge in [0.2, 0.25) is 0 Å². The van der Waals surface area contributed by atoms with Gasteiger partial charge in [-0.1, -0.05) is 23.2 Å². The van der Waals surface area contributed by atoms with Crippen LogP contribution in [0, 0.1) is 17.1 Å². The van der Waals surface area contributed by atoms with E-state index in [1.165, 1.54) is 12.1 Å². The fraction of sp³-hybridized carbons (Fsp3) is 0.350. The summed E-state index contributed by atoms with van der Waals surface area (Å²) in [5, 5.41) is 19.9. The van der Waals surface area contributed by atoms with Crippen LogP contribution in [0.3, 0.4) is 0 Å². The van der Waals surface area contributed by atoms with E-state index in [0.717, 1.165) is 23.7 Å². The zero-order valence-electron chi connectivity index (χ0n) is 14.3. The summed E-state index contributed by atoms with van der Waals surface area (Å²) >= 11 is 12.6. The van der Waals surface area contributed by atoms with Crippen molar-refractivity contribution in [3.05, 3.63) is 62.9 Å². The van der Waals surface area contributed by atoms with Gasteiger partial charge in [0, 0.05) is 28.7 Å². The lowest BCUT2D eigenvalue weighted by molar-refractivity contribution is 0.0790. The standard InChI is InChI=1S/C20H17Cl2FN2O2/c21-12-6-15-14(16(22)7-12)8-18(25-4-3-13(26)10-25)20(15)27-19-2-1-11(9-24)5-17(19)23/h1-2,5-7,13,18,20,26H,3-4,8,10H2/t13-,18-,20-/m0/s1. The minimum Gasteiger partial charge on any atom is -0.481 e. The number of likely N-dealkylation sites (tertiary alicyclic amines) is 1. The first-order chi connectivity index (χ1) is 13.0. The SMILES string of the molecule is N#Cc1ccc(O[C@H]2c3cc(Cl)cc(Cl)c3C[C@@H]2N2CC[C@H](O)C2)c(F)c1. The lowest BCUT2D eigenvalue weighted by atomic mass is 10.1. The molecule has 27 heavy (non-hydrogen) atoms. The molecule has 0 saturated carbocycles. The van der Waals surface area contributed by atoms with Gasteiger partial charge >= 0.3 is 0 Å². The Hall–Kier alpha value is -1.84. The Labute approximate surface area is 166 Å². The monoisotopic (exact) mass is 406 g/mol. The summed E-state index contributed by atoms with van der Waals surface area (Å²) in [5.41, 5.74) is 2.01. The van der Waals surface area contributed by atoms with E-state index in [1.54, 1.807) is 6.07 Å². The molecule has 0 amide bonds. The number of hydrogen-bond acceptors (Lipinski definition) is 4. The first-order valence-corrected chi connectivity index (χ1v) is 9.48. The van der Waals surface area contributed by atoms with Crippen LogP contribution >= 0.6 is 23.2 Å². The molecule has 0 aromatic heterocycles. The third kappa shape index (κ3) is 3.51. The third-order valence-electron chi connectivity index (χ3n) is 5.24. The fourth-order valence-electron chi connectivity index (χ4n) is 3.95. The van der Waals surface area contributed by atoms with Gasteiger partial charge in [-0.15, -0.1) is 0 Å². The molecule has 140 valence electrons. The van der Waals surface area contributed by atoms with Crippen LogP contribution in [0.2, 0.25) is 10.0 Å². The molecule has 1 N–H and O–H groups in total. The van der Waals surface area contributed by atoms with E-state index in [0.29, 0.717) is 29.4 Å². The van der Waals surface area contributed by atoms with E-state index in [1.807, 2.05) is 12.1 Å². The highest BCUT2D eigenvalue weighted by atomic mass is 35.5. The molecule has 1 heterocycles. The summed E-state index contributed by atoms with van der Waals surface area (Å²) in [7, 11) is 0. The molecule has 2 aliphatic rings. The van der Waals surface area contributed by atoms with Crippen LogP contribution in [0.1, 0.15) is 29.2 Å². The number of benzene rings is 2. The predicted octanol–water partition coefficient (Wildman–Crippen LogP) is 4.12. The van der Waals surface area contributed by atoms with Gasteiger partial charge < -0.3 is 9.84 Å². The molecule has 4 nitrogen and oxygen atoms in total. The molecule has 4 rings (SSSR count). The summed E-state index contributed by atoms with van der Waals surface area (Å²) in [4.78, 5) is 2.15. The maximum absolute atomic E-state index is 14.4. The lowest BCUT2D eigenvalue weighted by Gasteiger charge is -2.30. The summed E-state index contributed by atoms with van der Waals surface area (Å²) in [5.74, 6) is -0.511. The molecule has 3 atom stereocenters. The van der Waals surface area contributed by atoms with E-state index in [-0.39, 0.29) is 23.5 Å². The number of aliphatic hydroxyl groups excluding tert-OH is 1. The first-order valence-electron chi connectivity index (χ1n) is 8.72. The number of rotatable bonds is 3. The minimum atomic E-state index is -0.587. The Balaban J connectivity index is 1.71. The van der Waals surface area contributed by atoms with Crippen LogP contribution < -0.4 is 4.74 Å². The van der Waals surface area contributed by atoms with Crippen LogP contribution in [0.4, 0.5) is 4.39 Å². The van der Waals surface area contributed by atoms with Gasteiger partial charge in [0.1, 0.15) is 6.10 Å². The summed E-state index contributed by atoms with van der Waals surface area (Å²) < 4.78 is 20.5. The number of nitrogens with zero attached hydrogens (tertiary/aromatic N) is 2. The van der Waals surface area contributed by atoms with Crippen molar-refractivity contribution in [2.45, 2.75) is 31.1 Å². The van der Waals surface area contributed by atoms with Crippen LogP contribution in [0.25, 0.3) is 0 Å². The second kappa shape index (κ2) is 7.29. The molecule has 2 aromatic rings. The Morgan fingerprint density at radius 3 is 2.74 bits per heavy atom. The van der Waals surface area contributed by atoms with Gasteiger partial charge in [-0.3, -0.25) is 4.90 Å². The van der Waals surface area contributed by atoms with Crippen molar-refractivity contribution in [2.24, 2.45) is 0 Å². The van der Waals surface area contributed by atoms with Crippen molar-refractivity contribution in [1.82, 2.24) is 4.90 Å². The molecule has 0 radical (unpaired) electrons. The topological polar surface area (TPSA) is 56.5 Å². The van der Waals surface area contributed by atoms with Crippen molar-refractivity contribution < 1.29 is 14.2 Å². The Kier molecular flexibility index (Phi) is 5.00. The molecular formula is C20H17Cl2FN2O2. The molecule has 1 aliphatic heterocycles. The van der Waals surface area contributed by atoms with E-state index in [9.17, 15) is 9.50 Å². The Morgan fingerprint density at radius 2 is 2.07 bits per heavy atom. The smallest absolute Gasteiger partial charge is 0.166 e. The quantitative estimate of drug-likeness (QED) is 0.832. The normalized spacial score (nSPS) is 24.6. The Bertz CT molecular complexity index is 931. The maximum atomic E-state index is 14.4. The van der Waals surface area contributed by atoms with Gasteiger partial charge in [0.25, 0.3) is 0 Å². The molecule has 0 unspecified atom stereocenters. The molecule has 0 bridgehead atoms. The summed E-state index contributed by atoms with van der Waals surface area (Å²) in [6.07, 6.45) is 0.490. The number of fused-ring (bicyclic) bond motifs is 1. The highest BCUT2D eigenvalue weighted by Crippen LogP contribution is 2.43. The summed E-state index contributed by atoms with van der Waals surface area (Å²) in [6.45, 7) is 1.28. The number of nitriles is 1. The van der Waals surface area contributed by atoms with Crippen LogP contribution in [-0.2, 0) is 6.42 Å². The number of hydrogen-bond donors (Lipinski definition) is 1. The average molecular weight is 407 g/mol. The molecular weight excluding hydrogens is 390 g/mol. The summed E-state index contributed by atoms with van der Waals surface area (Å²) in [6, 6.07) is 9.48. The van der Waals surface area contributed by atoms with Crippen molar-refractivity contribution in [2.75, 3.05) is 13.1 Å². The van der Waals surface area contributed by atoms with Crippen LogP contribution in [0.15, 0.2) is 30.3 Å². The van der Waals surface area contributed by atoms with E-state index >= 15 is 0 Å². The number of aliphatic hydroxyl groups is 1. The zero-order valence-corrected chi connectivity index (χ0v) is 15.8. The molecule has 0 spiro atoms. The van der Waals surface area contributed by atoms with Gasteiger partial charge in [-0.25, -0.2) is 4.39 Å². The lowest BCUT2D eigenvalue weighted by Crippen LogP contribution is -2.39. The van der Waals surface area contributed by atoms with Crippen LogP contribution in [0.5, 0.6) is 5.75 Å². The predicted molar refractivity (Wildman–Crippen MR) is 101 cm³/mol. The number of halogens is 3.